The second kappa shape index (κ2) is 8.34. The molecule has 0 saturated carbocycles. The predicted molar refractivity (Wildman–Crippen MR) is 84.4 cm³/mol. The Kier molecular flexibility index (Phi) is 8.45. The molecule has 0 amide bonds. The monoisotopic (exact) mass is 256 g/mol. The van der Waals surface area contributed by atoms with Crippen LogP contribution in [0.3, 0.4) is 0 Å². The second-order valence-corrected chi connectivity index (χ2v) is 12.7. The van der Waals surface area contributed by atoms with Crippen molar-refractivity contribution in [3.63, 3.8) is 0 Å². The Morgan fingerprint density at radius 2 is 0.824 bits per heavy atom. The van der Waals surface area contributed by atoms with Gasteiger partial charge in [0.05, 0.1) is 8.07 Å². The molecule has 0 aliphatic rings. The highest BCUT2D eigenvalue weighted by Gasteiger charge is 2.26. The Labute approximate surface area is 112 Å². The van der Waals surface area contributed by atoms with Gasteiger partial charge in [0.2, 0.25) is 0 Å². The Balaban J connectivity index is 4.23. The summed E-state index contributed by atoms with van der Waals surface area (Å²) in [5.74, 6) is 2.67. The molecule has 0 aromatic carbocycles. The summed E-state index contributed by atoms with van der Waals surface area (Å²) in [6.07, 6.45) is 4.37. The lowest BCUT2D eigenvalue weighted by Gasteiger charge is -2.30. The molecule has 0 aliphatic carbocycles. The molecule has 17 heavy (non-hydrogen) atoms. The first-order chi connectivity index (χ1) is 7.75. The molecule has 0 radical (unpaired) electrons. The van der Waals surface area contributed by atoms with Crippen molar-refractivity contribution in [2.75, 3.05) is 0 Å². The van der Waals surface area contributed by atoms with Crippen molar-refractivity contribution in [1.29, 1.82) is 0 Å². The summed E-state index contributed by atoms with van der Waals surface area (Å²) in [5, 5.41) is 0. The first kappa shape index (κ1) is 17.2. The zero-order valence-electron chi connectivity index (χ0n) is 13.5. The van der Waals surface area contributed by atoms with Crippen molar-refractivity contribution in [2.24, 2.45) is 17.8 Å². The maximum absolute atomic E-state index is 2.67. The van der Waals surface area contributed by atoms with Crippen LogP contribution in [0.15, 0.2) is 0 Å². The van der Waals surface area contributed by atoms with Crippen molar-refractivity contribution in [3.8, 4) is 0 Å². The fourth-order valence-corrected chi connectivity index (χ4v) is 6.86. The molecule has 0 N–H and O–H groups in total. The molecule has 0 spiro atoms. The van der Waals surface area contributed by atoms with E-state index in [-0.39, 0.29) is 0 Å². The van der Waals surface area contributed by atoms with Crippen molar-refractivity contribution >= 4 is 8.07 Å². The van der Waals surface area contributed by atoms with E-state index in [0.717, 1.165) is 17.8 Å². The first-order valence-corrected chi connectivity index (χ1v) is 10.9. The minimum absolute atomic E-state index is 0.889. The summed E-state index contributed by atoms with van der Waals surface area (Å²) in [6, 6.07) is 4.68. The topological polar surface area (TPSA) is 0 Å². The van der Waals surface area contributed by atoms with E-state index >= 15 is 0 Å². The van der Waals surface area contributed by atoms with Crippen LogP contribution < -0.4 is 0 Å². The zero-order valence-corrected chi connectivity index (χ0v) is 14.5. The summed E-state index contributed by atoms with van der Waals surface area (Å²) in [6.45, 7) is 16.9. The van der Waals surface area contributed by atoms with Crippen LogP contribution in [-0.4, -0.2) is 8.07 Å². The summed E-state index contributed by atoms with van der Waals surface area (Å²) in [4.78, 5) is 0. The van der Waals surface area contributed by atoms with Gasteiger partial charge in [0.15, 0.2) is 0 Å². The lowest BCUT2D eigenvalue weighted by molar-refractivity contribution is 0.585. The Morgan fingerprint density at radius 3 is 1.00 bits per heavy atom. The number of hydrogen-bond acceptors (Lipinski definition) is 0. The van der Waals surface area contributed by atoms with Gasteiger partial charge in [-0.3, -0.25) is 0 Å². The van der Waals surface area contributed by atoms with Gasteiger partial charge in [-0.15, -0.1) is 0 Å². The summed E-state index contributed by atoms with van der Waals surface area (Å²) >= 11 is 0. The highest BCUT2D eigenvalue weighted by atomic mass is 28.3. The first-order valence-electron chi connectivity index (χ1n) is 7.75. The van der Waals surface area contributed by atoms with Gasteiger partial charge in [0.1, 0.15) is 0 Å². The normalized spacial score (nSPS) is 13.1. The van der Waals surface area contributed by atoms with E-state index in [0.29, 0.717) is 0 Å². The zero-order chi connectivity index (χ0) is 13.5. The molecule has 0 fully saturated rings. The summed E-state index contributed by atoms with van der Waals surface area (Å²) in [7, 11) is -0.938. The Bertz CT molecular complexity index is 151. The number of hydrogen-bond donors (Lipinski definition) is 0. The molecule has 0 aromatic rings. The molecule has 104 valence electrons. The molecule has 0 aliphatic heterocycles. The summed E-state index contributed by atoms with van der Waals surface area (Å²) in [5.41, 5.74) is 0. The fourth-order valence-electron chi connectivity index (χ4n) is 2.29. The molecule has 0 aromatic heterocycles. The average Bonchev–Trinajstić information content (AvgIpc) is 2.21. The van der Waals surface area contributed by atoms with E-state index in [1.807, 2.05) is 0 Å². The standard InChI is InChI=1S/C16H36Si/c1-14(2)8-11-17(7,12-9-15(3)4)13-10-16(5)6/h14-16H,8-13H2,1-7H3. The van der Waals surface area contributed by atoms with Crippen LogP contribution >= 0.6 is 0 Å². The molecule has 0 rings (SSSR count). The van der Waals surface area contributed by atoms with Crippen molar-refractivity contribution < 1.29 is 0 Å². The fraction of sp³-hybridized carbons (Fsp3) is 1.00. The maximum atomic E-state index is 2.67. The van der Waals surface area contributed by atoms with Crippen LogP contribution in [0.25, 0.3) is 0 Å². The third-order valence-electron chi connectivity index (χ3n) is 3.98. The van der Waals surface area contributed by atoms with Gasteiger partial charge >= 0.3 is 0 Å². The molecular formula is C16H36Si. The molecular weight excluding hydrogens is 220 g/mol. The van der Waals surface area contributed by atoms with Crippen molar-refractivity contribution in [2.45, 2.75) is 85.5 Å². The Hall–Kier alpha value is 0.217. The van der Waals surface area contributed by atoms with Crippen molar-refractivity contribution in [1.82, 2.24) is 0 Å². The van der Waals surface area contributed by atoms with Crippen LogP contribution in [0, 0.1) is 17.8 Å². The predicted octanol–water partition coefficient (Wildman–Crippen LogP) is 6.20. The van der Waals surface area contributed by atoms with E-state index in [4.69, 9.17) is 0 Å². The van der Waals surface area contributed by atoms with E-state index in [1.165, 1.54) is 19.3 Å². The van der Waals surface area contributed by atoms with E-state index < -0.39 is 8.07 Å². The van der Waals surface area contributed by atoms with E-state index in [2.05, 4.69) is 48.1 Å². The third-order valence-corrected chi connectivity index (χ3v) is 8.46. The molecule has 0 atom stereocenters. The molecule has 1 heteroatoms. The van der Waals surface area contributed by atoms with Crippen LogP contribution in [0.5, 0.6) is 0 Å². The highest BCUT2D eigenvalue weighted by molar-refractivity contribution is 6.78. The van der Waals surface area contributed by atoms with Crippen LogP contribution in [0.1, 0.15) is 60.8 Å². The van der Waals surface area contributed by atoms with Crippen LogP contribution in [0.4, 0.5) is 0 Å². The molecule has 0 heterocycles. The summed E-state index contributed by atoms with van der Waals surface area (Å²) < 4.78 is 0. The van der Waals surface area contributed by atoms with Gasteiger partial charge < -0.3 is 0 Å². The minimum atomic E-state index is -0.938. The van der Waals surface area contributed by atoms with Crippen molar-refractivity contribution in [3.05, 3.63) is 0 Å². The smallest absolute Gasteiger partial charge is 0.0505 e. The van der Waals surface area contributed by atoms with Crippen LogP contribution in [0.2, 0.25) is 24.7 Å². The quantitative estimate of drug-likeness (QED) is 0.431. The van der Waals surface area contributed by atoms with Gasteiger partial charge in [-0.25, -0.2) is 0 Å². The molecule has 0 bridgehead atoms. The average molecular weight is 257 g/mol. The SMILES string of the molecule is CC(C)CC[Si](C)(CCC(C)C)CCC(C)C. The molecule has 0 nitrogen and oxygen atoms in total. The Morgan fingerprint density at radius 1 is 0.588 bits per heavy atom. The van der Waals surface area contributed by atoms with Gasteiger partial charge in [-0.2, -0.15) is 0 Å². The van der Waals surface area contributed by atoms with E-state index in [9.17, 15) is 0 Å². The van der Waals surface area contributed by atoms with Gasteiger partial charge in [0, 0.05) is 0 Å². The second-order valence-electron chi connectivity index (χ2n) is 7.61. The largest absolute Gasteiger partial charge is 0.0691 e. The van der Waals surface area contributed by atoms with Gasteiger partial charge in [0.25, 0.3) is 0 Å². The lowest BCUT2D eigenvalue weighted by Crippen LogP contribution is -2.31. The van der Waals surface area contributed by atoms with Crippen LogP contribution in [-0.2, 0) is 0 Å². The maximum Gasteiger partial charge on any atom is 0.0505 e. The number of rotatable bonds is 9. The third kappa shape index (κ3) is 9.88. The van der Waals surface area contributed by atoms with Gasteiger partial charge in [-0.05, 0) is 17.8 Å². The molecule has 0 unspecified atom stereocenters. The highest BCUT2D eigenvalue weighted by Crippen LogP contribution is 2.30. The van der Waals surface area contributed by atoms with E-state index in [1.54, 1.807) is 18.1 Å². The minimum Gasteiger partial charge on any atom is -0.0691 e. The lowest BCUT2D eigenvalue weighted by atomic mass is 10.2. The molecule has 0 saturated heterocycles. The van der Waals surface area contributed by atoms with Gasteiger partial charge in [-0.1, -0.05) is 85.5 Å².